The molecule has 0 spiro atoms. The summed E-state index contributed by atoms with van der Waals surface area (Å²) in [6, 6.07) is 0.338. The maximum absolute atomic E-state index is 11.1. The number of ketones is 1. The van der Waals surface area contributed by atoms with Crippen molar-refractivity contribution in [3.05, 3.63) is 0 Å². The summed E-state index contributed by atoms with van der Waals surface area (Å²) >= 11 is 0. The zero-order valence-corrected chi connectivity index (χ0v) is 9.10. The van der Waals surface area contributed by atoms with E-state index >= 15 is 0 Å². The summed E-state index contributed by atoms with van der Waals surface area (Å²) in [6.07, 6.45) is 3.05. The topological polar surface area (TPSA) is 37.4 Å². The number of carbonyl (C=O) groups is 1. The van der Waals surface area contributed by atoms with Gasteiger partial charge < -0.3 is 0 Å². The quantitative estimate of drug-likeness (QED) is 0.667. The molecule has 0 amide bonds. The molecule has 0 aromatic rings. The lowest BCUT2D eigenvalue weighted by Crippen LogP contribution is -2.42. The third kappa shape index (κ3) is 3.56. The monoisotopic (exact) mass is 203 g/mol. The molecule has 3 nitrogen and oxygen atoms in total. The first kappa shape index (κ1) is 10.9. The van der Waals surface area contributed by atoms with E-state index in [2.05, 4.69) is 11.8 Å². The van der Waals surface area contributed by atoms with Crippen molar-refractivity contribution < 1.29 is 9.00 Å². The lowest BCUT2D eigenvalue weighted by atomic mass is 10.0. The van der Waals surface area contributed by atoms with Gasteiger partial charge >= 0.3 is 0 Å². The summed E-state index contributed by atoms with van der Waals surface area (Å²) in [5, 5.41) is 0. The molecule has 13 heavy (non-hydrogen) atoms. The Labute approximate surface area is 81.9 Å². The third-order valence-corrected chi connectivity index (χ3v) is 3.25. The standard InChI is InChI=1S/C9H17NO2S/c1-8-7-9(11)3-4-10(8)5-6-13(2)12/h8H,3-7H2,1-2H3. The molecule has 1 fully saturated rings. The van der Waals surface area contributed by atoms with Crippen LogP contribution in [0.2, 0.25) is 0 Å². The van der Waals surface area contributed by atoms with Crippen molar-refractivity contribution in [1.82, 2.24) is 4.90 Å². The van der Waals surface area contributed by atoms with Gasteiger partial charge in [-0.1, -0.05) is 0 Å². The molecule has 0 aromatic heterocycles. The Morgan fingerprint density at radius 3 is 2.85 bits per heavy atom. The lowest BCUT2D eigenvalue weighted by Gasteiger charge is -2.32. The van der Waals surface area contributed by atoms with Crippen LogP contribution in [0.1, 0.15) is 19.8 Å². The summed E-state index contributed by atoms with van der Waals surface area (Å²) < 4.78 is 10.9. The molecule has 0 bridgehead atoms. The van der Waals surface area contributed by atoms with Crippen LogP contribution in [0.3, 0.4) is 0 Å². The van der Waals surface area contributed by atoms with Gasteiger partial charge in [0.05, 0.1) is 0 Å². The Hall–Kier alpha value is -0.220. The molecule has 0 saturated carbocycles. The first-order chi connectivity index (χ1) is 6.09. The molecule has 1 heterocycles. The Bertz CT molecular complexity index is 218. The molecule has 0 N–H and O–H groups in total. The summed E-state index contributed by atoms with van der Waals surface area (Å²) in [5.41, 5.74) is 0. The van der Waals surface area contributed by atoms with E-state index in [9.17, 15) is 9.00 Å². The van der Waals surface area contributed by atoms with E-state index in [0.29, 0.717) is 24.7 Å². The van der Waals surface area contributed by atoms with Crippen molar-refractivity contribution in [2.75, 3.05) is 25.1 Å². The third-order valence-electron chi connectivity index (χ3n) is 2.49. The van der Waals surface area contributed by atoms with Crippen LogP contribution in [-0.2, 0) is 15.6 Å². The smallest absolute Gasteiger partial charge is 0.135 e. The molecule has 1 rings (SSSR count). The molecule has 2 atom stereocenters. The maximum atomic E-state index is 11.1. The summed E-state index contributed by atoms with van der Waals surface area (Å²) in [6.45, 7) is 3.77. The molecule has 2 unspecified atom stereocenters. The average Bonchev–Trinajstić information content (AvgIpc) is 2.02. The fraction of sp³-hybridized carbons (Fsp3) is 0.889. The number of carbonyl (C=O) groups excluding carboxylic acids is 1. The van der Waals surface area contributed by atoms with Crippen LogP contribution in [0.25, 0.3) is 0 Å². The second-order valence-corrected chi connectivity index (χ2v) is 5.21. The fourth-order valence-corrected chi connectivity index (χ4v) is 2.12. The van der Waals surface area contributed by atoms with Gasteiger partial charge in [0.2, 0.25) is 0 Å². The van der Waals surface area contributed by atoms with Crippen LogP contribution < -0.4 is 0 Å². The van der Waals surface area contributed by atoms with E-state index in [0.717, 1.165) is 18.8 Å². The number of hydrogen-bond donors (Lipinski definition) is 0. The lowest BCUT2D eigenvalue weighted by molar-refractivity contribution is -0.122. The minimum Gasteiger partial charge on any atom is -0.300 e. The molecule has 1 aliphatic heterocycles. The minimum absolute atomic E-state index is 0.338. The van der Waals surface area contributed by atoms with Gasteiger partial charge in [-0.05, 0) is 6.92 Å². The van der Waals surface area contributed by atoms with Gasteiger partial charge in [0, 0.05) is 54.8 Å². The van der Waals surface area contributed by atoms with E-state index in [4.69, 9.17) is 0 Å². The Morgan fingerprint density at radius 1 is 1.62 bits per heavy atom. The highest BCUT2D eigenvalue weighted by Gasteiger charge is 2.22. The number of nitrogens with zero attached hydrogens (tertiary/aromatic N) is 1. The Morgan fingerprint density at radius 2 is 2.31 bits per heavy atom. The fourth-order valence-electron chi connectivity index (χ4n) is 1.63. The number of hydrogen-bond acceptors (Lipinski definition) is 3. The van der Waals surface area contributed by atoms with Gasteiger partial charge in [-0.2, -0.15) is 0 Å². The second-order valence-electron chi connectivity index (χ2n) is 3.66. The summed E-state index contributed by atoms with van der Waals surface area (Å²) in [4.78, 5) is 13.3. The van der Waals surface area contributed by atoms with Crippen molar-refractivity contribution in [1.29, 1.82) is 0 Å². The van der Waals surface area contributed by atoms with E-state index in [1.165, 1.54) is 0 Å². The molecule has 76 valence electrons. The molecule has 4 heteroatoms. The molecule has 0 aromatic carbocycles. The van der Waals surface area contributed by atoms with Gasteiger partial charge in [-0.15, -0.1) is 0 Å². The number of rotatable bonds is 3. The zero-order chi connectivity index (χ0) is 9.84. The van der Waals surface area contributed by atoms with Crippen molar-refractivity contribution in [3.63, 3.8) is 0 Å². The first-order valence-corrected chi connectivity index (χ1v) is 6.38. The average molecular weight is 203 g/mol. The Kier molecular flexibility index (Phi) is 4.06. The van der Waals surface area contributed by atoms with E-state index < -0.39 is 10.8 Å². The molecule has 1 saturated heterocycles. The molecular weight excluding hydrogens is 186 g/mol. The van der Waals surface area contributed by atoms with Gasteiger partial charge in [0.25, 0.3) is 0 Å². The van der Waals surface area contributed by atoms with E-state index in [-0.39, 0.29) is 0 Å². The first-order valence-electron chi connectivity index (χ1n) is 4.65. The highest BCUT2D eigenvalue weighted by molar-refractivity contribution is 7.84. The number of likely N-dealkylation sites (tertiary alicyclic amines) is 1. The zero-order valence-electron chi connectivity index (χ0n) is 8.28. The van der Waals surface area contributed by atoms with Gasteiger partial charge in [0.15, 0.2) is 0 Å². The van der Waals surface area contributed by atoms with E-state index in [1.807, 2.05) is 0 Å². The largest absolute Gasteiger partial charge is 0.300 e. The van der Waals surface area contributed by atoms with Crippen LogP contribution in [0.4, 0.5) is 0 Å². The molecule has 0 radical (unpaired) electrons. The minimum atomic E-state index is -0.718. The second kappa shape index (κ2) is 4.86. The van der Waals surface area contributed by atoms with Crippen LogP contribution in [0, 0.1) is 0 Å². The summed E-state index contributed by atoms with van der Waals surface area (Å²) in [7, 11) is -0.718. The van der Waals surface area contributed by atoms with Gasteiger partial charge in [-0.3, -0.25) is 13.9 Å². The predicted molar refractivity (Wildman–Crippen MR) is 54.2 cm³/mol. The predicted octanol–water partition coefficient (Wildman–Crippen LogP) is 0.418. The SMILES string of the molecule is CC1CC(=O)CCN1CCS(C)=O. The van der Waals surface area contributed by atoms with Gasteiger partial charge in [-0.25, -0.2) is 0 Å². The Balaban J connectivity index is 2.33. The van der Waals surface area contributed by atoms with Crippen molar-refractivity contribution in [2.24, 2.45) is 0 Å². The highest BCUT2D eigenvalue weighted by atomic mass is 32.2. The van der Waals surface area contributed by atoms with Crippen molar-refractivity contribution >= 4 is 16.6 Å². The van der Waals surface area contributed by atoms with Crippen LogP contribution in [0.5, 0.6) is 0 Å². The maximum Gasteiger partial charge on any atom is 0.135 e. The van der Waals surface area contributed by atoms with Crippen molar-refractivity contribution in [2.45, 2.75) is 25.8 Å². The van der Waals surface area contributed by atoms with Crippen LogP contribution in [-0.4, -0.2) is 46.0 Å². The molecule has 1 aliphatic rings. The van der Waals surface area contributed by atoms with Crippen LogP contribution >= 0.6 is 0 Å². The molecule has 0 aliphatic carbocycles. The summed E-state index contributed by atoms with van der Waals surface area (Å²) in [5.74, 6) is 1.08. The number of Topliss-reactive ketones (excluding diaryl/α,β-unsaturated/α-hetero) is 1. The van der Waals surface area contributed by atoms with Crippen molar-refractivity contribution in [3.8, 4) is 0 Å². The van der Waals surface area contributed by atoms with E-state index in [1.54, 1.807) is 6.26 Å². The normalized spacial score (nSPS) is 27.5. The van der Waals surface area contributed by atoms with Crippen LogP contribution in [0.15, 0.2) is 0 Å². The highest BCUT2D eigenvalue weighted by Crippen LogP contribution is 2.12. The molecular formula is C9H17NO2S. The van der Waals surface area contributed by atoms with Gasteiger partial charge in [0.1, 0.15) is 5.78 Å². The number of piperidine rings is 1.